The smallest absolute Gasteiger partial charge is 0.408 e. The zero-order valence-corrected chi connectivity index (χ0v) is 16.5. The Morgan fingerprint density at radius 1 is 1.19 bits per heavy atom. The van der Waals surface area contributed by atoms with Crippen LogP contribution < -0.4 is 5.32 Å². The van der Waals surface area contributed by atoms with Gasteiger partial charge in [0.15, 0.2) is 0 Å². The molecule has 0 fully saturated rings. The first kappa shape index (κ1) is 20.7. The molecule has 1 unspecified atom stereocenters. The van der Waals surface area contributed by atoms with Gasteiger partial charge in [-0.1, -0.05) is 38.1 Å². The molecule has 0 bridgehead atoms. The molecule has 1 aliphatic heterocycles. The lowest BCUT2D eigenvalue weighted by molar-refractivity contribution is -0.152. The maximum Gasteiger partial charge on any atom is 0.408 e. The fraction of sp³-hybridized carbons (Fsp3) is 0.550. The molecular weight excluding hydrogens is 348 g/mol. The first-order valence-corrected chi connectivity index (χ1v) is 9.09. The fourth-order valence-electron chi connectivity index (χ4n) is 3.10. The second-order valence-electron chi connectivity index (χ2n) is 8.16. The molecule has 148 valence electrons. The number of carbonyl (C=O) groups is 3. The van der Waals surface area contributed by atoms with E-state index in [-0.39, 0.29) is 18.9 Å². The van der Waals surface area contributed by atoms with Crippen molar-refractivity contribution in [3.63, 3.8) is 0 Å². The van der Waals surface area contributed by atoms with Gasteiger partial charge in [0.1, 0.15) is 17.7 Å². The summed E-state index contributed by atoms with van der Waals surface area (Å²) in [4.78, 5) is 38.4. The molecule has 0 spiro atoms. The third-order valence-corrected chi connectivity index (χ3v) is 4.42. The predicted octanol–water partition coefficient (Wildman–Crippen LogP) is 2.57. The van der Waals surface area contributed by atoms with Crippen LogP contribution in [0.2, 0.25) is 0 Å². The van der Waals surface area contributed by atoms with Crippen LogP contribution >= 0.6 is 0 Å². The molecule has 1 aliphatic rings. The van der Waals surface area contributed by atoms with Crippen LogP contribution in [0.1, 0.15) is 45.7 Å². The van der Waals surface area contributed by atoms with Crippen molar-refractivity contribution in [3.05, 3.63) is 35.4 Å². The molecule has 1 aromatic rings. The Bertz CT molecular complexity index is 723. The summed E-state index contributed by atoms with van der Waals surface area (Å²) in [6.45, 7) is 9.01. The van der Waals surface area contributed by atoms with Crippen LogP contribution in [0.3, 0.4) is 0 Å². The molecule has 0 saturated heterocycles. The van der Waals surface area contributed by atoms with Gasteiger partial charge in [-0.2, -0.15) is 0 Å². The normalized spacial score (nSPS) is 17.9. The largest absolute Gasteiger partial charge is 0.480 e. The molecule has 27 heavy (non-hydrogen) atoms. The molecule has 1 aromatic carbocycles. The van der Waals surface area contributed by atoms with Crippen molar-refractivity contribution in [3.8, 4) is 0 Å². The number of alkyl carbamates (subject to hydrolysis) is 1. The van der Waals surface area contributed by atoms with Crippen molar-refractivity contribution in [1.82, 2.24) is 10.2 Å². The van der Waals surface area contributed by atoms with E-state index in [4.69, 9.17) is 4.74 Å². The van der Waals surface area contributed by atoms with Crippen molar-refractivity contribution < 1.29 is 24.2 Å². The van der Waals surface area contributed by atoms with Crippen LogP contribution in [0.4, 0.5) is 4.79 Å². The Kier molecular flexibility index (Phi) is 6.13. The summed E-state index contributed by atoms with van der Waals surface area (Å²) in [5.41, 5.74) is 1.15. The standard InChI is InChI=1S/C20H28N2O5/c1-12(2)16(21-19(26)27-20(3,4)5)17(23)22-11-14-9-7-6-8-13(14)10-15(22)18(24)25/h6-9,12,15-16H,10-11H2,1-5H3,(H,21,26)(H,24,25)/t15?,16-/m0/s1. The van der Waals surface area contributed by atoms with E-state index < -0.39 is 35.7 Å². The van der Waals surface area contributed by atoms with Gasteiger partial charge in [0, 0.05) is 13.0 Å². The summed E-state index contributed by atoms with van der Waals surface area (Å²) in [6.07, 6.45) is -0.451. The lowest BCUT2D eigenvalue weighted by atomic mass is 9.92. The van der Waals surface area contributed by atoms with Gasteiger partial charge < -0.3 is 20.1 Å². The van der Waals surface area contributed by atoms with Gasteiger partial charge in [0.05, 0.1) is 0 Å². The van der Waals surface area contributed by atoms with Gasteiger partial charge in [-0.05, 0) is 37.8 Å². The van der Waals surface area contributed by atoms with Crippen LogP contribution in [0, 0.1) is 5.92 Å². The Hall–Kier alpha value is -2.57. The second-order valence-corrected chi connectivity index (χ2v) is 8.16. The molecule has 2 rings (SSSR count). The van der Waals surface area contributed by atoms with Crippen molar-refractivity contribution in [2.24, 2.45) is 5.92 Å². The summed E-state index contributed by atoms with van der Waals surface area (Å²) < 4.78 is 5.25. The first-order valence-electron chi connectivity index (χ1n) is 9.09. The summed E-state index contributed by atoms with van der Waals surface area (Å²) in [5, 5.41) is 12.2. The number of carboxylic acid groups (broad SMARTS) is 1. The number of amides is 2. The number of hydrogen-bond donors (Lipinski definition) is 2. The highest BCUT2D eigenvalue weighted by atomic mass is 16.6. The lowest BCUT2D eigenvalue weighted by Crippen LogP contribution is -2.57. The first-order chi connectivity index (χ1) is 12.5. The van der Waals surface area contributed by atoms with Crippen molar-refractivity contribution in [2.75, 3.05) is 0 Å². The number of rotatable bonds is 4. The minimum atomic E-state index is -1.06. The maximum absolute atomic E-state index is 13.2. The molecule has 1 heterocycles. The van der Waals surface area contributed by atoms with Gasteiger partial charge in [-0.15, -0.1) is 0 Å². The lowest BCUT2D eigenvalue weighted by Gasteiger charge is -2.37. The highest BCUT2D eigenvalue weighted by molar-refractivity contribution is 5.90. The average Bonchev–Trinajstić information content (AvgIpc) is 2.56. The number of nitrogens with zero attached hydrogens (tertiary/aromatic N) is 1. The maximum atomic E-state index is 13.2. The number of fused-ring (bicyclic) bond motifs is 1. The zero-order valence-electron chi connectivity index (χ0n) is 16.5. The number of nitrogens with one attached hydrogen (secondary N) is 1. The molecular formula is C20H28N2O5. The van der Waals surface area contributed by atoms with Crippen LogP contribution in [0.5, 0.6) is 0 Å². The highest BCUT2D eigenvalue weighted by Gasteiger charge is 2.39. The van der Waals surface area contributed by atoms with Crippen molar-refractivity contribution in [2.45, 2.75) is 65.3 Å². The topological polar surface area (TPSA) is 95.9 Å². The molecule has 0 saturated carbocycles. The number of carboxylic acids is 1. The SMILES string of the molecule is CC(C)[C@H](NC(=O)OC(C)(C)C)C(=O)N1Cc2ccccc2CC1C(=O)O. The van der Waals surface area contributed by atoms with E-state index in [1.807, 2.05) is 24.3 Å². The Balaban J connectivity index is 2.25. The summed E-state index contributed by atoms with van der Waals surface area (Å²) >= 11 is 0. The van der Waals surface area contributed by atoms with E-state index in [2.05, 4.69) is 5.32 Å². The molecule has 0 aliphatic carbocycles. The third kappa shape index (κ3) is 5.21. The molecule has 0 radical (unpaired) electrons. The molecule has 2 amide bonds. The Labute approximate surface area is 159 Å². The molecule has 2 atom stereocenters. The zero-order chi connectivity index (χ0) is 20.4. The van der Waals surface area contributed by atoms with Crippen molar-refractivity contribution >= 4 is 18.0 Å². The van der Waals surface area contributed by atoms with Gasteiger partial charge in [0.25, 0.3) is 0 Å². The summed E-state index contributed by atoms with van der Waals surface area (Å²) in [7, 11) is 0. The number of hydrogen-bond acceptors (Lipinski definition) is 4. The van der Waals surface area contributed by atoms with E-state index >= 15 is 0 Å². The monoisotopic (exact) mass is 376 g/mol. The van der Waals surface area contributed by atoms with Crippen LogP contribution in [0.15, 0.2) is 24.3 Å². The summed E-state index contributed by atoms with van der Waals surface area (Å²) in [6, 6.07) is 5.66. The van der Waals surface area contributed by atoms with Crippen LogP contribution in [-0.2, 0) is 27.3 Å². The second kappa shape index (κ2) is 7.98. The predicted molar refractivity (Wildman–Crippen MR) is 100 cm³/mol. The minimum absolute atomic E-state index is 0.200. The summed E-state index contributed by atoms with van der Waals surface area (Å²) in [5.74, 6) is -1.70. The Morgan fingerprint density at radius 2 is 1.78 bits per heavy atom. The molecule has 7 nitrogen and oxygen atoms in total. The third-order valence-electron chi connectivity index (χ3n) is 4.42. The number of benzene rings is 1. The van der Waals surface area contributed by atoms with Crippen LogP contribution in [-0.4, -0.2) is 45.7 Å². The van der Waals surface area contributed by atoms with E-state index in [0.717, 1.165) is 11.1 Å². The van der Waals surface area contributed by atoms with Gasteiger partial charge in [-0.3, -0.25) is 4.79 Å². The van der Waals surface area contributed by atoms with Crippen molar-refractivity contribution in [1.29, 1.82) is 0 Å². The molecule has 7 heteroatoms. The number of aliphatic carboxylic acids is 1. The average molecular weight is 376 g/mol. The van der Waals surface area contributed by atoms with E-state index in [9.17, 15) is 19.5 Å². The number of ether oxygens (including phenoxy) is 1. The van der Waals surface area contributed by atoms with Gasteiger partial charge in [0.2, 0.25) is 5.91 Å². The highest BCUT2D eigenvalue weighted by Crippen LogP contribution is 2.25. The fourth-order valence-corrected chi connectivity index (χ4v) is 3.10. The van der Waals surface area contributed by atoms with E-state index in [1.54, 1.807) is 34.6 Å². The van der Waals surface area contributed by atoms with E-state index in [1.165, 1.54) is 4.90 Å². The molecule has 2 N–H and O–H groups in total. The van der Waals surface area contributed by atoms with Gasteiger partial charge in [-0.25, -0.2) is 9.59 Å². The quantitative estimate of drug-likeness (QED) is 0.842. The molecule has 0 aromatic heterocycles. The Morgan fingerprint density at radius 3 is 2.30 bits per heavy atom. The number of carbonyl (C=O) groups excluding carboxylic acids is 2. The van der Waals surface area contributed by atoms with E-state index in [0.29, 0.717) is 0 Å². The minimum Gasteiger partial charge on any atom is -0.480 e. The van der Waals surface area contributed by atoms with Crippen LogP contribution in [0.25, 0.3) is 0 Å². The van der Waals surface area contributed by atoms with Gasteiger partial charge >= 0.3 is 12.1 Å².